The van der Waals surface area contributed by atoms with Crippen LogP contribution in [0.2, 0.25) is 0 Å². The number of aryl methyl sites for hydroxylation is 1. The Bertz CT molecular complexity index is 946. The summed E-state index contributed by atoms with van der Waals surface area (Å²) in [6.07, 6.45) is 3.56. The van der Waals surface area contributed by atoms with Gasteiger partial charge in [-0.15, -0.1) is 11.3 Å². The first kappa shape index (κ1) is 13.2. The van der Waals surface area contributed by atoms with E-state index in [1.807, 2.05) is 22.9 Å². The van der Waals surface area contributed by atoms with Crippen molar-refractivity contribution in [3.05, 3.63) is 29.1 Å². The van der Waals surface area contributed by atoms with E-state index in [-0.39, 0.29) is 5.92 Å². The molecule has 0 unspecified atom stereocenters. The Hall–Kier alpha value is -2.48. The predicted molar refractivity (Wildman–Crippen MR) is 80.7 cm³/mol. The van der Waals surface area contributed by atoms with E-state index in [1.54, 1.807) is 17.6 Å². The molecule has 4 heterocycles. The molecule has 4 rings (SSSR count). The van der Waals surface area contributed by atoms with E-state index in [4.69, 9.17) is 9.05 Å². The van der Waals surface area contributed by atoms with Crippen molar-refractivity contribution in [3.8, 4) is 23.1 Å². The van der Waals surface area contributed by atoms with E-state index in [9.17, 15) is 0 Å². The number of rotatable bonds is 3. The van der Waals surface area contributed by atoms with Gasteiger partial charge in [-0.05, 0) is 12.8 Å². The van der Waals surface area contributed by atoms with Gasteiger partial charge in [-0.1, -0.05) is 24.2 Å². The lowest BCUT2D eigenvalue weighted by molar-refractivity contribution is 0.405. The minimum Gasteiger partial charge on any atom is -0.364 e. The maximum Gasteiger partial charge on any atom is 0.280 e. The van der Waals surface area contributed by atoms with E-state index in [2.05, 4.69) is 34.1 Å². The molecule has 0 saturated heterocycles. The average molecular weight is 315 g/mol. The lowest BCUT2D eigenvalue weighted by atomic mass is 10.0. The third kappa shape index (κ3) is 1.87. The van der Waals surface area contributed by atoms with Crippen LogP contribution in [0.4, 0.5) is 0 Å². The number of nitrogens with zero attached hydrogens (tertiary/aromatic N) is 5. The zero-order chi connectivity index (χ0) is 15.3. The highest BCUT2D eigenvalue weighted by atomic mass is 32.1. The predicted octanol–water partition coefficient (Wildman–Crippen LogP) is 3.53. The first-order valence-corrected chi connectivity index (χ1v) is 7.74. The van der Waals surface area contributed by atoms with E-state index in [0.29, 0.717) is 17.4 Å². The largest absolute Gasteiger partial charge is 0.364 e. The molecular weight excluding hydrogens is 302 g/mol. The van der Waals surface area contributed by atoms with Crippen LogP contribution in [0, 0.1) is 6.92 Å². The molecule has 0 aromatic carbocycles. The van der Waals surface area contributed by atoms with Gasteiger partial charge in [0.15, 0.2) is 10.7 Å². The van der Waals surface area contributed by atoms with Gasteiger partial charge in [0.05, 0.1) is 5.69 Å². The molecule has 0 bridgehead atoms. The number of hydrogen-bond donors (Lipinski definition) is 0. The van der Waals surface area contributed by atoms with Crippen LogP contribution in [0.3, 0.4) is 0 Å². The zero-order valence-corrected chi connectivity index (χ0v) is 13.1. The Morgan fingerprint density at radius 2 is 2.09 bits per heavy atom. The number of thiazole rings is 1. The molecule has 0 aliphatic carbocycles. The maximum atomic E-state index is 5.38. The van der Waals surface area contributed by atoms with Crippen molar-refractivity contribution >= 4 is 16.3 Å². The zero-order valence-electron chi connectivity index (χ0n) is 12.3. The van der Waals surface area contributed by atoms with Crippen LogP contribution in [0.1, 0.15) is 31.0 Å². The van der Waals surface area contributed by atoms with Gasteiger partial charge in [-0.3, -0.25) is 4.40 Å². The Labute approximate surface area is 129 Å². The number of fused-ring (bicyclic) bond motifs is 1. The molecule has 112 valence electrons. The van der Waals surface area contributed by atoms with Crippen LogP contribution in [-0.4, -0.2) is 24.7 Å². The van der Waals surface area contributed by atoms with Crippen molar-refractivity contribution < 1.29 is 9.05 Å². The summed E-state index contributed by atoms with van der Waals surface area (Å²) in [4.78, 5) is 9.87. The van der Waals surface area contributed by atoms with Gasteiger partial charge >= 0.3 is 0 Å². The molecule has 22 heavy (non-hydrogen) atoms. The first-order valence-electron chi connectivity index (χ1n) is 6.86. The lowest BCUT2D eigenvalue weighted by Crippen LogP contribution is -1.91. The minimum atomic E-state index is 0.261. The summed E-state index contributed by atoms with van der Waals surface area (Å²) >= 11 is 1.57. The van der Waals surface area contributed by atoms with Crippen molar-refractivity contribution in [1.29, 1.82) is 0 Å². The highest BCUT2D eigenvalue weighted by Crippen LogP contribution is 2.30. The summed E-state index contributed by atoms with van der Waals surface area (Å²) < 4.78 is 12.4. The van der Waals surface area contributed by atoms with Crippen LogP contribution in [0.15, 0.2) is 26.9 Å². The van der Waals surface area contributed by atoms with E-state index in [0.717, 1.165) is 21.9 Å². The maximum absolute atomic E-state index is 5.38. The normalized spacial score (nSPS) is 11.8. The smallest absolute Gasteiger partial charge is 0.280 e. The monoisotopic (exact) mass is 315 g/mol. The summed E-state index contributed by atoms with van der Waals surface area (Å²) in [6.45, 7) is 6.05. The quantitative estimate of drug-likeness (QED) is 0.575. The molecule has 7 nitrogen and oxygen atoms in total. The summed E-state index contributed by atoms with van der Waals surface area (Å²) in [7, 11) is 0. The molecule has 0 aliphatic heterocycles. The molecule has 8 heteroatoms. The SMILES string of the molecule is Cc1nc2sccn2c1-c1noc(-c2nocc2C(C)C)n1. The number of imidazole rings is 1. The van der Waals surface area contributed by atoms with E-state index in [1.165, 1.54) is 0 Å². The third-order valence-corrected chi connectivity index (χ3v) is 4.25. The summed E-state index contributed by atoms with van der Waals surface area (Å²) in [6, 6.07) is 0. The van der Waals surface area contributed by atoms with Gasteiger partial charge in [0.25, 0.3) is 5.89 Å². The molecule has 0 saturated carbocycles. The second kappa shape index (κ2) is 4.77. The Kier molecular flexibility index (Phi) is 2.86. The van der Waals surface area contributed by atoms with Crippen LogP contribution in [0.5, 0.6) is 0 Å². The average Bonchev–Trinajstić information content (AvgIpc) is 3.20. The van der Waals surface area contributed by atoms with Crippen molar-refractivity contribution in [1.82, 2.24) is 24.7 Å². The molecule has 0 radical (unpaired) electrons. The van der Waals surface area contributed by atoms with Gasteiger partial charge in [-0.2, -0.15) is 4.98 Å². The molecule has 0 fully saturated rings. The molecular formula is C14H13N5O2S. The summed E-state index contributed by atoms with van der Waals surface area (Å²) in [5.74, 6) is 1.12. The van der Waals surface area contributed by atoms with Crippen molar-refractivity contribution in [2.75, 3.05) is 0 Å². The lowest BCUT2D eigenvalue weighted by Gasteiger charge is -1.99. The summed E-state index contributed by atoms with van der Waals surface area (Å²) in [5, 5.41) is 10.0. The van der Waals surface area contributed by atoms with E-state index >= 15 is 0 Å². The van der Waals surface area contributed by atoms with Gasteiger partial charge in [0.2, 0.25) is 5.82 Å². The van der Waals surface area contributed by atoms with Crippen LogP contribution >= 0.6 is 11.3 Å². The Balaban J connectivity index is 1.83. The fourth-order valence-electron chi connectivity index (χ4n) is 2.40. The van der Waals surface area contributed by atoms with E-state index < -0.39 is 0 Å². The second-order valence-corrected chi connectivity index (χ2v) is 6.17. The molecule has 0 N–H and O–H groups in total. The number of hydrogen-bond acceptors (Lipinski definition) is 7. The minimum absolute atomic E-state index is 0.261. The van der Waals surface area contributed by atoms with Gasteiger partial charge in [0.1, 0.15) is 12.0 Å². The molecule has 0 spiro atoms. The molecule has 4 aromatic heterocycles. The Morgan fingerprint density at radius 1 is 1.23 bits per heavy atom. The molecule has 0 atom stereocenters. The van der Waals surface area contributed by atoms with Gasteiger partial charge in [0, 0.05) is 17.1 Å². The molecule has 4 aromatic rings. The second-order valence-electron chi connectivity index (χ2n) is 5.30. The highest BCUT2D eigenvalue weighted by molar-refractivity contribution is 7.15. The van der Waals surface area contributed by atoms with Crippen LogP contribution < -0.4 is 0 Å². The van der Waals surface area contributed by atoms with Crippen molar-refractivity contribution in [2.45, 2.75) is 26.7 Å². The highest BCUT2D eigenvalue weighted by Gasteiger charge is 2.22. The topological polar surface area (TPSA) is 82.2 Å². The standard InChI is InChI=1S/C14H13N5O2S/c1-7(2)9-6-20-17-10(9)13-16-12(18-21-13)11-8(3)15-14-19(11)4-5-22-14/h4-7H,1-3H3. The van der Waals surface area contributed by atoms with Crippen molar-refractivity contribution in [3.63, 3.8) is 0 Å². The van der Waals surface area contributed by atoms with Crippen LogP contribution in [-0.2, 0) is 0 Å². The summed E-state index contributed by atoms with van der Waals surface area (Å²) in [5.41, 5.74) is 3.24. The third-order valence-electron chi connectivity index (χ3n) is 3.50. The molecule has 0 aliphatic rings. The van der Waals surface area contributed by atoms with Gasteiger partial charge in [-0.25, -0.2) is 4.98 Å². The fourth-order valence-corrected chi connectivity index (χ4v) is 3.16. The number of aromatic nitrogens is 5. The van der Waals surface area contributed by atoms with Crippen LogP contribution in [0.25, 0.3) is 28.1 Å². The van der Waals surface area contributed by atoms with Gasteiger partial charge < -0.3 is 9.05 Å². The molecule has 0 amide bonds. The van der Waals surface area contributed by atoms with Crippen molar-refractivity contribution in [2.24, 2.45) is 0 Å². The Morgan fingerprint density at radius 3 is 2.91 bits per heavy atom. The fraction of sp³-hybridized carbons (Fsp3) is 0.286. The first-order chi connectivity index (χ1) is 10.6.